The number of ether oxygens (including phenoxy) is 1. The van der Waals surface area contributed by atoms with Crippen LogP contribution in [0, 0.1) is 0 Å². The largest absolute Gasteiger partial charge is 0.497 e. The standard InChI is InChI=1S/C23H27N5O2S/c1-16-6-4-7-17(2)27(16)21(29)15-31-23-26-25-22(18-10-12-24-13-11-18)28(23)19-8-5-9-20(14-19)30-3/h5,8-14,16-17H,4,6-7,15H2,1-3H3/t16-,17-/m1/s1. The first-order valence-electron chi connectivity index (χ1n) is 10.5. The predicted molar refractivity (Wildman–Crippen MR) is 121 cm³/mol. The second-order valence-electron chi connectivity index (χ2n) is 7.80. The summed E-state index contributed by atoms with van der Waals surface area (Å²) in [6.45, 7) is 4.27. The van der Waals surface area contributed by atoms with E-state index in [1.54, 1.807) is 19.5 Å². The van der Waals surface area contributed by atoms with Gasteiger partial charge < -0.3 is 9.64 Å². The Labute approximate surface area is 186 Å². The molecule has 1 aromatic carbocycles. The molecule has 0 radical (unpaired) electrons. The molecule has 3 aromatic rings. The first-order valence-corrected chi connectivity index (χ1v) is 11.5. The molecule has 1 aliphatic rings. The van der Waals surface area contributed by atoms with Crippen LogP contribution in [0.3, 0.4) is 0 Å². The zero-order valence-electron chi connectivity index (χ0n) is 18.1. The van der Waals surface area contributed by atoms with Gasteiger partial charge in [0, 0.05) is 36.1 Å². The smallest absolute Gasteiger partial charge is 0.233 e. The highest BCUT2D eigenvalue weighted by Crippen LogP contribution is 2.30. The van der Waals surface area contributed by atoms with Crippen LogP contribution in [0.5, 0.6) is 5.75 Å². The summed E-state index contributed by atoms with van der Waals surface area (Å²) in [5.41, 5.74) is 1.78. The third kappa shape index (κ3) is 4.58. The van der Waals surface area contributed by atoms with Crippen LogP contribution in [0.15, 0.2) is 53.9 Å². The van der Waals surface area contributed by atoms with E-state index >= 15 is 0 Å². The number of pyridine rings is 1. The minimum atomic E-state index is 0.148. The zero-order chi connectivity index (χ0) is 21.8. The number of thioether (sulfide) groups is 1. The number of amides is 1. The van der Waals surface area contributed by atoms with Crippen molar-refractivity contribution >= 4 is 17.7 Å². The van der Waals surface area contributed by atoms with E-state index < -0.39 is 0 Å². The molecule has 0 saturated carbocycles. The number of methoxy groups -OCH3 is 1. The molecule has 7 nitrogen and oxygen atoms in total. The SMILES string of the molecule is COc1cccc(-n2c(SCC(=O)N3[C@H](C)CCC[C@H]3C)nnc2-c2ccncc2)c1. The molecule has 1 amide bonds. The minimum absolute atomic E-state index is 0.148. The van der Waals surface area contributed by atoms with Gasteiger partial charge in [-0.3, -0.25) is 14.3 Å². The Morgan fingerprint density at radius 1 is 1.13 bits per heavy atom. The van der Waals surface area contributed by atoms with Gasteiger partial charge in [-0.25, -0.2) is 0 Å². The maximum atomic E-state index is 13.0. The van der Waals surface area contributed by atoms with Crippen LogP contribution in [0.4, 0.5) is 0 Å². The highest BCUT2D eigenvalue weighted by atomic mass is 32.2. The van der Waals surface area contributed by atoms with Crippen molar-refractivity contribution in [3.63, 3.8) is 0 Å². The van der Waals surface area contributed by atoms with E-state index in [4.69, 9.17) is 4.74 Å². The fourth-order valence-electron chi connectivity index (χ4n) is 4.15. The lowest BCUT2D eigenvalue weighted by molar-refractivity contribution is -0.134. The number of aromatic nitrogens is 4. The van der Waals surface area contributed by atoms with Gasteiger partial charge in [-0.2, -0.15) is 0 Å². The lowest BCUT2D eigenvalue weighted by atomic mass is 9.98. The molecule has 0 unspecified atom stereocenters. The van der Waals surface area contributed by atoms with Crippen LogP contribution in [-0.2, 0) is 4.79 Å². The molecule has 1 aliphatic heterocycles. The van der Waals surface area contributed by atoms with E-state index in [0.717, 1.165) is 29.8 Å². The van der Waals surface area contributed by atoms with Crippen LogP contribution in [0.25, 0.3) is 17.1 Å². The summed E-state index contributed by atoms with van der Waals surface area (Å²) in [4.78, 5) is 19.2. The summed E-state index contributed by atoms with van der Waals surface area (Å²) in [5.74, 6) is 1.92. The molecule has 1 fully saturated rings. The number of hydrogen-bond acceptors (Lipinski definition) is 6. The third-order valence-corrected chi connectivity index (χ3v) is 6.60. The fourth-order valence-corrected chi connectivity index (χ4v) is 4.97. The normalized spacial score (nSPS) is 18.7. The van der Waals surface area contributed by atoms with Crippen molar-refractivity contribution in [2.24, 2.45) is 0 Å². The van der Waals surface area contributed by atoms with Crippen molar-refractivity contribution in [1.82, 2.24) is 24.6 Å². The van der Waals surface area contributed by atoms with Crippen LogP contribution < -0.4 is 4.74 Å². The van der Waals surface area contributed by atoms with Gasteiger partial charge in [-0.15, -0.1) is 10.2 Å². The van der Waals surface area contributed by atoms with Crippen molar-refractivity contribution in [2.75, 3.05) is 12.9 Å². The maximum Gasteiger partial charge on any atom is 0.233 e. The van der Waals surface area contributed by atoms with Crippen LogP contribution in [0.1, 0.15) is 33.1 Å². The Kier molecular flexibility index (Phi) is 6.56. The molecule has 8 heteroatoms. The summed E-state index contributed by atoms with van der Waals surface area (Å²) < 4.78 is 7.38. The first-order chi connectivity index (χ1) is 15.1. The van der Waals surface area contributed by atoms with E-state index in [0.29, 0.717) is 16.7 Å². The number of carbonyl (C=O) groups excluding carboxylic acids is 1. The summed E-state index contributed by atoms with van der Waals surface area (Å²) in [6, 6.07) is 12.1. The number of likely N-dealkylation sites (tertiary alicyclic amines) is 1. The Balaban J connectivity index is 1.64. The van der Waals surface area contributed by atoms with Crippen molar-refractivity contribution in [3.8, 4) is 22.8 Å². The van der Waals surface area contributed by atoms with Crippen molar-refractivity contribution in [1.29, 1.82) is 0 Å². The lowest BCUT2D eigenvalue weighted by Gasteiger charge is -2.39. The van der Waals surface area contributed by atoms with E-state index in [-0.39, 0.29) is 18.0 Å². The van der Waals surface area contributed by atoms with E-state index in [1.165, 1.54) is 18.2 Å². The first kappa shape index (κ1) is 21.4. The highest BCUT2D eigenvalue weighted by Gasteiger charge is 2.29. The molecule has 2 aromatic heterocycles. The quantitative estimate of drug-likeness (QED) is 0.538. The van der Waals surface area contributed by atoms with Crippen molar-refractivity contribution in [2.45, 2.75) is 50.4 Å². The number of piperidine rings is 1. The minimum Gasteiger partial charge on any atom is -0.497 e. The Morgan fingerprint density at radius 3 is 2.58 bits per heavy atom. The molecule has 1 saturated heterocycles. The molecule has 162 valence electrons. The Morgan fingerprint density at radius 2 is 1.87 bits per heavy atom. The second-order valence-corrected chi connectivity index (χ2v) is 8.74. The van der Waals surface area contributed by atoms with Gasteiger partial charge in [0.15, 0.2) is 11.0 Å². The lowest BCUT2D eigenvalue weighted by Crippen LogP contribution is -2.48. The molecular weight excluding hydrogens is 410 g/mol. The summed E-state index contributed by atoms with van der Waals surface area (Å²) >= 11 is 1.42. The van der Waals surface area contributed by atoms with Crippen LogP contribution >= 0.6 is 11.8 Å². The van der Waals surface area contributed by atoms with E-state index in [9.17, 15) is 4.79 Å². The average Bonchev–Trinajstić information content (AvgIpc) is 3.22. The van der Waals surface area contributed by atoms with Crippen molar-refractivity contribution < 1.29 is 9.53 Å². The van der Waals surface area contributed by atoms with Gasteiger partial charge in [-0.1, -0.05) is 17.8 Å². The molecule has 31 heavy (non-hydrogen) atoms. The van der Waals surface area contributed by atoms with Gasteiger partial charge in [0.1, 0.15) is 5.75 Å². The van der Waals surface area contributed by atoms with Crippen LogP contribution in [-0.4, -0.2) is 55.5 Å². The van der Waals surface area contributed by atoms with Crippen molar-refractivity contribution in [3.05, 3.63) is 48.8 Å². The zero-order valence-corrected chi connectivity index (χ0v) is 18.9. The van der Waals surface area contributed by atoms with E-state index in [1.807, 2.05) is 45.9 Å². The molecule has 0 N–H and O–H groups in total. The Bertz CT molecular complexity index is 1030. The third-order valence-electron chi connectivity index (χ3n) is 5.69. The van der Waals surface area contributed by atoms with Crippen LogP contribution in [0.2, 0.25) is 0 Å². The number of rotatable bonds is 6. The molecule has 2 atom stereocenters. The fraction of sp³-hybridized carbons (Fsp3) is 0.391. The maximum absolute atomic E-state index is 13.0. The number of benzene rings is 1. The summed E-state index contributed by atoms with van der Waals surface area (Å²) in [6.07, 6.45) is 6.77. The number of hydrogen-bond donors (Lipinski definition) is 0. The monoisotopic (exact) mass is 437 g/mol. The van der Waals surface area contributed by atoms with Gasteiger partial charge >= 0.3 is 0 Å². The molecule has 0 spiro atoms. The summed E-state index contributed by atoms with van der Waals surface area (Å²) in [5, 5.41) is 9.53. The van der Waals surface area contributed by atoms with E-state index in [2.05, 4.69) is 29.0 Å². The molecule has 4 rings (SSSR count). The van der Waals surface area contributed by atoms with Gasteiger partial charge in [0.25, 0.3) is 0 Å². The molecule has 3 heterocycles. The number of carbonyl (C=O) groups is 1. The average molecular weight is 438 g/mol. The predicted octanol–water partition coefficient (Wildman–Crippen LogP) is 4.22. The molecular formula is C23H27N5O2S. The highest BCUT2D eigenvalue weighted by molar-refractivity contribution is 7.99. The van der Waals surface area contributed by atoms with Gasteiger partial charge in [0.05, 0.1) is 18.6 Å². The molecule has 0 bridgehead atoms. The van der Waals surface area contributed by atoms with Gasteiger partial charge in [-0.05, 0) is 57.4 Å². The Hall–Kier alpha value is -2.87. The van der Waals surface area contributed by atoms with Gasteiger partial charge in [0.2, 0.25) is 5.91 Å². The second kappa shape index (κ2) is 9.51. The molecule has 0 aliphatic carbocycles. The summed E-state index contributed by atoms with van der Waals surface area (Å²) in [7, 11) is 1.64. The topological polar surface area (TPSA) is 73.1 Å². The number of nitrogens with zero attached hydrogens (tertiary/aromatic N) is 5.